The fourth-order valence-corrected chi connectivity index (χ4v) is 5.13. The van der Waals surface area contributed by atoms with E-state index in [-0.39, 0.29) is 23.7 Å². The molecule has 36 heavy (non-hydrogen) atoms. The summed E-state index contributed by atoms with van der Waals surface area (Å²) in [6.07, 6.45) is 25.8. The molecule has 0 aromatic heterocycles. The van der Waals surface area contributed by atoms with E-state index < -0.39 is 6.09 Å². The standard InChI is InChI=1S/C32H49NO3/c1-7-11-13-14-17-27(9-3)28(10-4)23-31(34)30-19-16-15-18-29(30)26(6)21-20-25(5)24-33(32(35)36)22-12-8-2/h3,7,11,14,17,20-21,27-30H,8,10,12-13,15-16,18-19,22-24H2,1-2,4-6H3,(H,35,36)/b11-7-,17-14-,25-20+,26-21+/t27?,28-,29+,30?/m1/s1. The highest BCUT2D eigenvalue weighted by Crippen LogP contribution is 2.37. The van der Waals surface area contributed by atoms with Gasteiger partial charge in [-0.1, -0.05) is 93.1 Å². The van der Waals surface area contributed by atoms with Crippen molar-refractivity contribution in [3.05, 3.63) is 47.6 Å². The molecule has 200 valence electrons. The topological polar surface area (TPSA) is 57.6 Å². The lowest BCUT2D eigenvalue weighted by atomic mass is 9.71. The van der Waals surface area contributed by atoms with Crippen LogP contribution in [0.5, 0.6) is 0 Å². The molecule has 4 atom stereocenters. The van der Waals surface area contributed by atoms with Gasteiger partial charge < -0.3 is 10.0 Å². The van der Waals surface area contributed by atoms with E-state index in [0.717, 1.165) is 56.9 Å². The van der Waals surface area contributed by atoms with Gasteiger partial charge in [-0.3, -0.25) is 4.79 Å². The number of rotatable bonds is 15. The molecule has 0 aromatic rings. The predicted octanol–water partition coefficient (Wildman–Crippen LogP) is 8.22. The lowest BCUT2D eigenvalue weighted by Crippen LogP contribution is -2.32. The van der Waals surface area contributed by atoms with E-state index in [1.54, 1.807) is 0 Å². The van der Waals surface area contributed by atoms with Crippen LogP contribution in [0.4, 0.5) is 4.79 Å². The predicted molar refractivity (Wildman–Crippen MR) is 152 cm³/mol. The Labute approximate surface area is 220 Å². The Morgan fingerprint density at radius 3 is 2.39 bits per heavy atom. The summed E-state index contributed by atoms with van der Waals surface area (Å²) in [6.45, 7) is 11.3. The summed E-state index contributed by atoms with van der Waals surface area (Å²) in [5.74, 6) is 3.71. The number of hydrogen-bond acceptors (Lipinski definition) is 2. The van der Waals surface area contributed by atoms with Crippen LogP contribution in [0.1, 0.15) is 92.4 Å². The van der Waals surface area contributed by atoms with Crippen LogP contribution in [-0.2, 0) is 4.79 Å². The van der Waals surface area contributed by atoms with Crippen molar-refractivity contribution in [3.63, 3.8) is 0 Å². The van der Waals surface area contributed by atoms with Crippen LogP contribution in [0.3, 0.4) is 0 Å². The lowest BCUT2D eigenvalue weighted by Gasteiger charge is -2.32. The van der Waals surface area contributed by atoms with E-state index in [2.05, 4.69) is 51.0 Å². The number of terminal acetylenes is 1. The first kappa shape index (κ1) is 31.5. The first-order chi connectivity index (χ1) is 17.3. The number of hydrogen-bond donors (Lipinski definition) is 1. The Morgan fingerprint density at radius 1 is 1.11 bits per heavy atom. The fourth-order valence-electron chi connectivity index (χ4n) is 5.13. The molecule has 2 unspecified atom stereocenters. The van der Waals surface area contributed by atoms with Crippen molar-refractivity contribution < 1.29 is 14.7 Å². The highest BCUT2D eigenvalue weighted by molar-refractivity contribution is 5.82. The summed E-state index contributed by atoms with van der Waals surface area (Å²) < 4.78 is 0. The maximum Gasteiger partial charge on any atom is 0.407 e. The third kappa shape index (κ3) is 11.0. The van der Waals surface area contributed by atoms with Gasteiger partial charge in [0.15, 0.2) is 0 Å². The molecule has 0 radical (unpaired) electrons. The second-order valence-corrected chi connectivity index (χ2v) is 10.2. The summed E-state index contributed by atoms with van der Waals surface area (Å²) in [5, 5.41) is 9.47. The molecule has 1 rings (SSSR count). The van der Waals surface area contributed by atoms with Crippen LogP contribution in [0, 0.1) is 36.0 Å². The van der Waals surface area contributed by atoms with Gasteiger partial charge in [-0.2, -0.15) is 0 Å². The molecule has 1 aliphatic carbocycles. The number of carbonyl (C=O) groups excluding carboxylic acids is 1. The highest BCUT2D eigenvalue weighted by atomic mass is 16.4. The van der Waals surface area contributed by atoms with Gasteiger partial charge in [0.1, 0.15) is 5.78 Å². The maximum absolute atomic E-state index is 13.5. The average molecular weight is 496 g/mol. The minimum absolute atomic E-state index is 0.0154. The molecule has 0 aliphatic heterocycles. The van der Waals surface area contributed by atoms with Gasteiger partial charge in [-0.15, -0.1) is 6.42 Å². The Hall–Kier alpha value is -2.54. The van der Waals surface area contributed by atoms with Crippen LogP contribution < -0.4 is 0 Å². The SMILES string of the molecule is C#CC(/C=C\C/C=C\C)[C@H](CC)CC(=O)C1CCCC[C@H]1/C(C)=C/C=C(\C)CN(CCCC)C(=O)O. The number of allylic oxidation sites excluding steroid dienone is 7. The van der Waals surface area contributed by atoms with Crippen molar-refractivity contribution in [1.29, 1.82) is 0 Å². The van der Waals surface area contributed by atoms with E-state index in [1.807, 2.05) is 26.0 Å². The minimum atomic E-state index is -0.873. The zero-order chi connectivity index (χ0) is 26.9. The van der Waals surface area contributed by atoms with Gasteiger partial charge in [-0.25, -0.2) is 4.79 Å². The molecule has 0 heterocycles. The normalized spacial score (nSPS) is 20.9. The summed E-state index contributed by atoms with van der Waals surface area (Å²) >= 11 is 0. The van der Waals surface area contributed by atoms with Gasteiger partial charge >= 0.3 is 6.09 Å². The zero-order valence-electron chi connectivity index (χ0n) is 23.3. The molecule has 1 aliphatic rings. The summed E-state index contributed by atoms with van der Waals surface area (Å²) in [6, 6.07) is 0. The Kier molecular flexibility index (Phi) is 15.6. The number of amides is 1. The third-order valence-corrected chi connectivity index (χ3v) is 7.43. The second-order valence-electron chi connectivity index (χ2n) is 10.2. The smallest absolute Gasteiger partial charge is 0.407 e. The Balaban J connectivity index is 2.92. The second kappa shape index (κ2) is 17.8. The van der Waals surface area contributed by atoms with E-state index in [1.165, 1.54) is 10.5 Å². The van der Waals surface area contributed by atoms with Crippen molar-refractivity contribution in [3.8, 4) is 12.3 Å². The van der Waals surface area contributed by atoms with Crippen molar-refractivity contribution in [2.75, 3.05) is 13.1 Å². The van der Waals surface area contributed by atoms with Crippen molar-refractivity contribution in [2.45, 2.75) is 92.4 Å². The van der Waals surface area contributed by atoms with Gasteiger partial charge in [0, 0.05) is 31.3 Å². The molecule has 1 amide bonds. The van der Waals surface area contributed by atoms with Crippen molar-refractivity contribution in [2.24, 2.45) is 23.7 Å². The number of Topliss-reactive ketones (excluding diaryl/α,β-unsaturated/α-hetero) is 1. The Morgan fingerprint density at radius 2 is 1.81 bits per heavy atom. The fraction of sp³-hybridized carbons (Fsp3) is 0.625. The van der Waals surface area contributed by atoms with Crippen LogP contribution in [0.15, 0.2) is 47.6 Å². The molecule has 0 aromatic carbocycles. The molecule has 1 saturated carbocycles. The molecule has 4 nitrogen and oxygen atoms in total. The van der Waals surface area contributed by atoms with Gasteiger partial charge in [0.05, 0.1) is 0 Å². The van der Waals surface area contributed by atoms with E-state index in [9.17, 15) is 14.7 Å². The molecule has 0 spiro atoms. The molecule has 1 N–H and O–H groups in total. The lowest BCUT2D eigenvalue weighted by molar-refractivity contribution is -0.126. The monoisotopic (exact) mass is 495 g/mol. The number of unbranched alkanes of at least 4 members (excludes halogenated alkanes) is 1. The van der Waals surface area contributed by atoms with Crippen molar-refractivity contribution in [1.82, 2.24) is 4.90 Å². The van der Waals surface area contributed by atoms with Crippen molar-refractivity contribution >= 4 is 11.9 Å². The van der Waals surface area contributed by atoms with Gasteiger partial charge in [0.2, 0.25) is 0 Å². The van der Waals surface area contributed by atoms with E-state index in [0.29, 0.717) is 25.3 Å². The quantitative estimate of drug-likeness (QED) is 0.141. The largest absolute Gasteiger partial charge is 0.465 e. The molecule has 4 heteroatoms. The van der Waals surface area contributed by atoms with E-state index >= 15 is 0 Å². The number of carbonyl (C=O) groups is 2. The van der Waals surface area contributed by atoms with Crippen LogP contribution >= 0.6 is 0 Å². The number of ketones is 1. The average Bonchev–Trinajstić information content (AvgIpc) is 2.88. The van der Waals surface area contributed by atoms with Crippen LogP contribution in [0.25, 0.3) is 0 Å². The van der Waals surface area contributed by atoms with Crippen LogP contribution in [-0.4, -0.2) is 35.0 Å². The highest BCUT2D eigenvalue weighted by Gasteiger charge is 2.33. The van der Waals surface area contributed by atoms with Crippen LogP contribution in [0.2, 0.25) is 0 Å². The number of nitrogens with zero attached hydrogens (tertiary/aromatic N) is 1. The summed E-state index contributed by atoms with van der Waals surface area (Å²) in [5.41, 5.74) is 2.23. The van der Waals surface area contributed by atoms with E-state index in [4.69, 9.17) is 6.42 Å². The summed E-state index contributed by atoms with van der Waals surface area (Å²) in [7, 11) is 0. The maximum atomic E-state index is 13.5. The Bertz CT molecular complexity index is 842. The first-order valence-electron chi connectivity index (χ1n) is 13.9. The van der Waals surface area contributed by atoms with Gasteiger partial charge in [0.25, 0.3) is 0 Å². The number of carboxylic acid groups (broad SMARTS) is 1. The molecule has 0 bridgehead atoms. The molecular formula is C32H49NO3. The minimum Gasteiger partial charge on any atom is -0.465 e. The van der Waals surface area contributed by atoms with Gasteiger partial charge in [-0.05, 0) is 58.3 Å². The zero-order valence-corrected chi connectivity index (χ0v) is 23.3. The summed E-state index contributed by atoms with van der Waals surface area (Å²) in [4.78, 5) is 26.5. The molecular weight excluding hydrogens is 446 g/mol. The molecule has 0 saturated heterocycles. The third-order valence-electron chi connectivity index (χ3n) is 7.43. The first-order valence-corrected chi connectivity index (χ1v) is 13.9. The molecule has 1 fully saturated rings.